The summed E-state index contributed by atoms with van der Waals surface area (Å²) in [5.41, 5.74) is 4.97. The van der Waals surface area contributed by atoms with E-state index in [0.29, 0.717) is 45.7 Å². The number of urea groups is 1. The first kappa shape index (κ1) is 33.6. The topological polar surface area (TPSA) is 183 Å². The van der Waals surface area contributed by atoms with Crippen molar-refractivity contribution in [2.75, 3.05) is 20.3 Å². The molecule has 0 saturated heterocycles. The molecule has 46 heavy (non-hydrogen) atoms. The number of nitrogens with zero attached hydrogens (tertiary/aromatic N) is 2. The van der Waals surface area contributed by atoms with Crippen LogP contribution in [-0.4, -0.2) is 54.8 Å². The summed E-state index contributed by atoms with van der Waals surface area (Å²) in [6.45, 7) is 3.63. The number of halogens is 1. The van der Waals surface area contributed by atoms with Crippen LogP contribution in [0.15, 0.2) is 77.0 Å². The van der Waals surface area contributed by atoms with Gasteiger partial charge < -0.3 is 34.7 Å². The van der Waals surface area contributed by atoms with Gasteiger partial charge in [-0.15, -0.1) is 0 Å². The number of carbonyl (C=O) groups is 2. The number of nitrogens with one attached hydrogen (secondary N) is 3. The first-order valence-electron chi connectivity index (χ1n) is 14.0. The number of hydrogen-bond donors (Lipinski definition) is 4. The molecular formula is C31H32ClN5O9. The van der Waals surface area contributed by atoms with E-state index in [0.717, 1.165) is 5.56 Å². The minimum absolute atomic E-state index is 0.0169. The summed E-state index contributed by atoms with van der Waals surface area (Å²) in [7, 11) is 1.26. The number of nitro benzene ring substituents is 1. The highest BCUT2D eigenvalue weighted by molar-refractivity contribution is 6.30. The molecule has 1 heterocycles. The average molecular weight is 654 g/mol. The molecule has 0 bridgehead atoms. The van der Waals surface area contributed by atoms with Gasteiger partial charge in [-0.05, 0) is 67.4 Å². The molecule has 0 aliphatic carbocycles. The van der Waals surface area contributed by atoms with Gasteiger partial charge in [0, 0.05) is 28.4 Å². The second-order valence-electron chi connectivity index (χ2n) is 9.81. The average Bonchev–Trinajstić information content (AvgIpc) is 3.03. The van der Waals surface area contributed by atoms with Gasteiger partial charge in [-0.25, -0.2) is 9.59 Å². The number of non-ortho nitro benzene ring substituents is 1. The number of hydrazone groups is 1. The van der Waals surface area contributed by atoms with Gasteiger partial charge in [0.25, 0.3) is 5.69 Å². The zero-order valence-electron chi connectivity index (χ0n) is 25.1. The summed E-state index contributed by atoms with van der Waals surface area (Å²) in [5, 5.41) is 31.2. The van der Waals surface area contributed by atoms with Crippen LogP contribution < -0.4 is 30.3 Å². The number of carbonyl (C=O) groups excluding carboxylic acids is 2. The first-order chi connectivity index (χ1) is 22.1. The van der Waals surface area contributed by atoms with Gasteiger partial charge in [0.1, 0.15) is 19.0 Å². The lowest BCUT2D eigenvalue weighted by atomic mass is 9.95. The van der Waals surface area contributed by atoms with Gasteiger partial charge in [0.05, 0.1) is 36.5 Å². The molecule has 0 spiro atoms. The third-order valence-electron chi connectivity index (χ3n) is 6.61. The molecule has 3 aromatic carbocycles. The van der Waals surface area contributed by atoms with Crippen molar-refractivity contribution in [1.82, 2.24) is 16.1 Å². The minimum atomic E-state index is -1.23. The summed E-state index contributed by atoms with van der Waals surface area (Å²) < 4.78 is 22.3. The molecule has 0 fully saturated rings. The zero-order valence-corrected chi connectivity index (χ0v) is 25.9. The Bertz CT molecular complexity index is 1650. The Morgan fingerprint density at radius 1 is 1.11 bits per heavy atom. The van der Waals surface area contributed by atoms with Gasteiger partial charge in [0.2, 0.25) is 0 Å². The van der Waals surface area contributed by atoms with Gasteiger partial charge in [-0.1, -0.05) is 17.7 Å². The van der Waals surface area contributed by atoms with Crippen molar-refractivity contribution in [3.8, 4) is 17.2 Å². The molecule has 4 rings (SSSR count). The predicted molar refractivity (Wildman–Crippen MR) is 168 cm³/mol. The number of aliphatic hydroxyl groups excluding tert-OH is 1. The van der Waals surface area contributed by atoms with E-state index >= 15 is 0 Å². The quantitative estimate of drug-likeness (QED) is 0.0642. The summed E-state index contributed by atoms with van der Waals surface area (Å²) in [4.78, 5) is 35.0. The van der Waals surface area contributed by atoms with E-state index in [2.05, 4.69) is 21.2 Å². The van der Waals surface area contributed by atoms with Crippen molar-refractivity contribution in [1.29, 1.82) is 0 Å². The molecule has 2 amide bonds. The number of methoxy groups -OCH3 is 1. The summed E-state index contributed by atoms with van der Waals surface area (Å²) in [5.74, 6) is 0.502. The number of nitro groups is 1. The molecule has 0 aromatic heterocycles. The van der Waals surface area contributed by atoms with Crippen LogP contribution in [0.4, 0.5) is 10.5 Å². The van der Waals surface area contributed by atoms with E-state index in [4.69, 9.17) is 30.5 Å². The molecule has 14 nitrogen and oxygen atoms in total. The van der Waals surface area contributed by atoms with Crippen LogP contribution >= 0.6 is 11.6 Å². The molecule has 2 atom stereocenters. The van der Waals surface area contributed by atoms with Gasteiger partial charge in [0.15, 0.2) is 17.7 Å². The second kappa shape index (κ2) is 15.6. The molecule has 242 valence electrons. The Hall–Kier alpha value is -5.34. The number of esters is 1. The Kier molecular flexibility index (Phi) is 11.4. The van der Waals surface area contributed by atoms with Crippen LogP contribution in [0.25, 0.3) is 0 Å². The Morgan fingerprint density at radius 3 is 2.54 bits per heavy atom. The smallest absolute Gasteiger partial charge is 0.337 e. The molecular weight excluding hydrogens is 622 g/mol. The van der Waals surface area contributed by atoms with Crippen molar-refractivity contribution in [3.63, 3.8) is 0 Å². The lowest BCUT2D eigenvalue weighted by molar-refractivity contribution is -0.384. The number of amides is 2. The highest BCUT2D eigenvalue weighted by Gasteiger charge is 2.32. The number of allylic oxidation sites excluding steroid dienone is 1. The van der Waals surface area contributed by atoms with Crippen LogP contribution in [0.1, 0.15) is 36.6 Å². The van der Waals surface area contributed by atoms with Crippen molar-refractivity contribution in [3.05, 3.63) is 104 Å². The van der Waals surface area contributed by atoms with E-state index < -0.39 is 29.2 Å². The van der Waals surface area contributed by atoms with Crippen molar-refractivity contribution in [2.24, 2.45) is 5.10 Å². The maximum Gasteiger partial charge on any atom is 0.337 e. The van der Waals surface area contributed by atoms with E-state index in [1.165, 1.54) is 25.5 Å². The Labute approximate surface area is 269 Å². The Morgan fingerprint density at radius 2 is 1.85 bits per heavy atom. The van der Waals surface area contributed by atoms with Crippen LogP contribution in [0.5, 0.6) is 17.2 Å². The second-order valence-corrected chi connectivity index (χ2v) is 10.2. The van der Waals surface area contributed by atoms with Crippen molar-refractivity contribution >= 4 is 35.5 Å². The summed E-state index contributed by atoms with van der Waals surface area (Å²) >= 11 is 6.15. The van der Waals surface area contributed by atoms with Gasteiger partial charge in [-0.2, -0.15) is 5.10 Å². The number of hydrogen-bond acceptors (Lipinski definition) is 11. The molecule has 15 heteroatoms. The Balaban J connectivity index is 1.39. The van der Waals surface area contributed by atoms with E-state index in [1.807, 2.05) is 0 Å². The molecule has 0 saturated carbocycles. The summed E-state index contributed by atoms with van der Waals surface area (Å²) in [6, 6.07) is 14.6. The molecule has 1 aliphatic rings. The van der Waals surface area contributed by atoms with Crippen LogP contribution in [0, 0.1) is 10.1 Å². The highest BCUT2D eigenvalue weighted by Crippen LogP contribution is 2.35. The van der Waals surface area contributed by atoms with E-state index in [-0.39, 0.29) is 24.5 Å². The lowest BCUT2D eigenvalue weighted by Gasteiger charge is -2.28. The summed E-state index contributed by atoms with van der Waals surface area (Å²) in [6.07, 6.45) is 0.192. The van der Waals surface area contributed by atoms with Crippen LogP contribution in [-0.2, 0) is 16.1 Å². The highest BCUT2D eigenvalue weighted by atomic mass is 35.5. The third kappa shape index (κ3) is 8.64. The monoisotopic (exact) mass is 653 g/mol. The minimum Gasteiger partial charge on any atom is -0.490 e. The first-order valence-corrected chi connectivity index (χ1v) is 14.4. The SMILES string of the molecule is CCOc1cc([C@@H]2NC(=O)NC(C)=C2C(=O)OC)ccc1OC[C@H](O)N/N=C/c1cc(Cl)ccc1OCc1ccc([N+](=O)[O-])cc1. The van der Waals surface area contributed by atoms with Crippen LogP contribution in [0.2, 0.25) is 5.02 Å². The van der Waals surface area contributed by atoms with E-state index in [1.54, 1.807) is 62.4 Å². The normalized spacial score (nSPS) is 15.1. The molecule has 4 N–H and O–H groups in total. The fourth-order valence-corrected chi connectivity index (χ4v) is 4.62. The van der Waals surface area contributed by atoms with Gasteiger partial charge in [-0.3, -0.25) is 15.5 Å². The molecule has 0 radical (unpaired) electrons. The fraction of sp³-hybridized carbons (Fsp3) is 0.258. The number of benzene rings is 3. The molecule has 0 unspecified atom stereocenters. The largest absolute Gasteiger partial charge is 0.490 e. The number of aliphatic hydroxyl groups is 1. The van der Waals surface area contributed by atoms with Crippen LogP contribution in [0.3, 0.4) is 0 Å². The standard InChI is InChI=1S/C31H32ClN5O9/c1-4-44-26-14-20(29-28(30(39)43-3)18(2)34-31(40)35-29)7-11-25(26)46-17-27(38)36-33-15-21-13-22(32)8-12-24(21)45-16-19-5-9-23(10-6-19)37(41)42/h5-15,27,29,36,38H,4,16-17H2,1-3H3,(H2,34,35,40)/b33-15+/t27-,29-/m0/s1. The number of ether oxygens (including phenoxy) is 4. The fourth-order valence-electron chi connectivity index (χ4n) is 4.44. The predicted octanol–water partition coefficient (Wildman–Crippen LogP) is 4.35. The lowest BCUT2D eigenvalue weighted by Crippen LogP contribution is -2.45. The zero-order chi connectivity index (χ0) is 33.2. The molecule has 3 aromatic rings. The molecule has 1 aliphatic heterocycles. The van der Waals surface area contributed by atoms with E-state index in [9.17, 15) is 24.8 Å². The van der Waals surface area contributed by atoms with Crippen molar-refractivity contribution < 1.29 is 38.6 Å². The third-order valence-corrected chi connectivity index (χ3v) is 6.85. The number of rotatable bonds is 14. The maximum absolute atomic E-state index is 12.4. The van der Waals surface area contributed by atoms with Crippen molar-refractivity contribution in [2.45, 2.75) is 32.7 Å². The maximum atomic E-state index is 12.4. The van der Waals surface area contributed by atoms with Gasteiger partial charge >= 0.3 is 12.0 Å².